The van der Waals surface area contributed by atoms with Crippen LogP contribution in [0.2, 0.25) is 0 Å². The first kappa shape index (κ1) is 16.5. The van der Waals surface area contributed by atoms with Gasteiger partial charge in [0.2, 0.25) is 5.91 Å². The molecule has 2 aromatic rings. The summed E-state index contributed by atoms with van der Waals surface area (Å²) in [5, 5.41) is 12.7. The van der Waals surface area contributed by atoms with Gasteiger partial charge in [0.05, 0.1) is 18.5 Å². The summed E-state index contributed by atoms with van der Waals surface area (Å²) in [4.78, 5) is 16.0. The zero-order chi connectivity index (χ0) is 15.9. The van der Waals surface area contributed by atoms with Crippen LogP contribution >= 0.6 is 11.8 Å². The quantitative estimate of drug-likeness (QED) is 0.764. The zero-order valence-corrected chi connectivity index (χ0v) is 13.1. The summed E-state index contributed by atoms with van der Waals surface area (Å²) in [5.41, 5.74) is 1.41. The smallest absolute Gasteiger partial charge is 0.240 e. The van der Waals surface area contributed by atoms with E-state index in [1.165, 1.54) is 23.9 Å². The second kappa shape index (κ2) is 7.95. The molecule has 1 heterocycles. The SMILES string of the molecule is CCNC(=O)Cn1c(CO)cnc1SCc1cccc(F)c1. The highest BCUT2D eigenvalue weighted by Gasteiger charge is 2.13. The number of nitrogens with one attached hydrogen (secondary N) is 1. The Morgan fingerprint density at radius 1 is 1.50 bits per heavy atom. The number of benzene rings is 1. The fraction of sp³-hybridized carbons (Fsp3) is 0.333. The van der Waals surface area contributed by atoms with Crippen LogP contribution in [0.1, 0.15) is 18.2 Å². The summed E-state index contributed by atoms with van der Waals surface area (Å²) in [7, 11) is 0. The molecule has 22 heavy (non-hydrogen) atoms. The number of carbonyl (C=O) groups excluding carboxylic acids is 1. The maximum absolute atomic E-state index is 13.2. The van der Waals surface area contributed by atoms with E-state index in [9.17, 15) is 14.3 Å². The minimum atomic E-state index is -0.278. The van der Waals surface area contributed by atoms with Crippen LogP contribution in [0.25, 0.3) is 0 Å². The number of hydrogen-bond donors (Lipinski definition) is 2. The molecule has 2 N–H and O–H groups in total. The average Bonchev–Trinajstić information content (AvgIpc) is 2.87. The third-order valence-corrected chi connectivity index (χ3v) is 4.06. The van der Waals surface area contributed by atoms with Crippen molar-refractivity contribution >= 4 is 17.7 Å². The van der Waals surface area contributed by atoms with Crippen LogP contribution in [0.3, 0.4) is 0 Å². The van der Waals surface area contributed by atoms with Gasteiger partial charge in [-0.05, 0) is 24.6 Å². The molecule has 0 saturated carbocycles. The van der Waals surface area contributed by atoms with E-state index in [2.05, 4.69) is 10.3 Å². The lowest BCUT2D eigenvalue weighted by atomic mass is 10.2. The first-order valence-corrected chi connectivity index (χ1v) is 7.91. The number of aromatic nitrogens is 2. The average molecular weight is 323 g/mol. The Morgan fingerprint density at radius 3 is 3.00 bits per heavy atom. The Morgan fingerprint density at radius 2 is 2.32 bits per heavy atom. The number of thioether (sulfide) groups is 1. The summed E-state index contributed by atoms with van der Waals surface area (Å²) in [5.74, 6) is 0.123. The van der Waals surface area contributed by atoms with Crippen molar-refractivity contribution in [3.05, 3.63) is 47.5 Å². The van der Waals surface area contributed by atoms with Crippen LogP contribution in [-0.4, -0.2) is 27.1 Å². The monoisotopic (exact) mass is 323 g/mol. The minimum absolute atomic E-state index is 0.106. The van der Waals surface area contributed by atoms with Gasteiger partial charge in [-0.25, -0.2) is 9.37 Å². The topological polar surface area (TPSA) is 67.2 Å². The van der Waals surface area contributed by atoms with Crippen LogP contribution in [0, 0.1) is 5.82 Å². The number of carbonyl (C=O) groups is 1. The second-order valence-electron chi connectivity index (χ2n) is 4.65. The van der Waals surface area contributed by atoms with E-state index in [-0.39, 0.29) is 24.9 Å². The van der Waals surface area contributed by atoms with Crippen LogP contribution in [0.5, 0.6) is 0 Å². The molecular formula is C15H18FN3O2S. The molecule has 0 bridgehead atoms. The highest BCUT2D eigenvalue weighted by Crippen LogP contribution is 2.23. The maximum atomic E-state index is 13.2. The molecule has 0 unspecified atom stereocenters. The van der Waals surface area contributed by atoms with Crippen molar-refractivity contribution in [3.8, 4) is 0 Å². The Kier molecular flexibility index (Phi) is 5.97. The molecule has 0 radical (unpaired) electrons. The van der Waals surface area contributed by atoms with Gasteiger partial charge in [-0.3, -0.25) is 4.79 Å². The van der Waals surface area contributed by atoms with Gasteiger partial charge in [0.25, 0.3) is 0 Å². The van der Waals surface area contributed by atoms with Gasteiger partial charge < -0.3 is 15.0 Å². The molecule has 0 fully saturated rings. The highest BCUT2D eigenvalue weighted by molar-refractivity contribution is 7.98. The van der Waals surface area contributed by atoms with Crippen molar-refractivity contribution in [2.75, 3.05) is 6.54 Å². The Labute approximate surface area is 132 Å². The van der Waals surface area contributed by atoms with Crippen molar-refractivity contribution in [2.24, 2.45) is 0 Å². The molecule has 1 aromatic heterocycles. The van der Waals surface area contributed by atoms with Gasteiger partial charge in [-0.2, -0.15) is 0 Å². The standard InChI is InChI=1S/C15H18FN3O2S/c1-2-17-14(21)8-19-13(9-20)7-18-15(19)22-10-11-4-3-5-12(16)6-11/h3-7,20H,2,8-10H2,1H3,(H,17,21). The third-order valence-electron chi connectivity index (χ3n) is 3.00. The molecule has 118 valence electrons. The van der Waals surface area contributed by atoms with Crippen LogP contribution < -0.4 is 5.32 Å². The van der Waals surface area contributed by atoms with Crippen LogP contribution in [0.15, 0.2) is 35.6 Å². The second-order valence-corrected chi connectivity index (χ2v) is 5.59. The summed E-state index contributed by atoms with van der Waals surface area (Å²) in [6, 6.07) is 6.36. The first-order valence-electron chi connectivity index (χ1n) is 6.93. The molecule has 7 heteroatoms. The Bertz CT molecular complexity index is 645. The molecule has 0 saturated heterocycles. The lowest BCUT2D eigenvalue weighted by molar-refractivity contribution is -0.121. The molecule has 0 aliphatic heterocycles. The number of amides is 1. The number of rotatable bonds is 7. The normalized spacial score (nSPS) is 10.7. The number of halogens is 1. The fourth-order valence-electron chi connectivity index (χ4n) is 1.97. The van der Waals surface area contributed by atoms with Crippen molar-refractivity contribution in [1.82, 2.24) is 14.9 Å². The number of likely N-dealkylation sites (N-methyl/N-ethyl adjacent to an activating group) is 1. The van der Waals surface area contributed by atoms with Gasteiger partial charge in [0, 0.05) is 12.3 Å². The van der Waals surface area contributed by atoms with Gasteiger partial charge in [-0.1, -0.05) is 23.9 Å². The molecule has 5 nitrogen and oxygen atoms in total. The minimum Gasteiger partial charge on any atom is -0.390 e. The van der Waals surface area contributed by atoms with Gasteiger partial charge in [0.1, 0.15) is 12.4 Å². The summed E-state index contributed by atoms with van der Waals surface area (Å²) >= 11 is 1.40. The predicted octanol–water partition coefficient (Wildman–Crippen LogP) is 1.94. The molecule has 0 aliphatic rings. The summed E-state index contributed by atoms with van der Waals surface area (Å²) in [6.45, 7) is 2.31. The van der Waals surface area contributed by atoms with Crippen molar-refractivity contribution in [1.29, 1.82) is 0 Å². The zero-order valence-electron chi connectivity index (χ0n) is 12.3. The number of aliphatic hydroxyl groups excluding tert-OH is 1. The largest absolute Gasteiger partial charge is 0.390 e. The highest BCUT2D eigenvalue weighted by atomic mass is 32.2. The van der Waals surface area contributed by atoms with E-state index < -0.39 is 0 Å². The molecule has 1 aromatic carbocycles. The van der Waals surface area contributed by atoms with E-state index in [4.69, 9.17) is 0 Å². The van der Waals surface area contributed by atoms with Gasteiger partial charge in [0.15, 0.2) is 5.16 Å². The fourth-order valence-corrected chi connectivity index (χ4v) is 2.91. The molecule has 0 atom stereocenters. The molecule has 0 aliphatic carbocycles. The van der Waals surface area contributed by atoms with E-state index >= 15 is 0 Å². The first-order chi connectivity index (χ1) is 10.6. The summed E-state index contributed by atoms with van der Waals surface area (Å²) in [6.07, 6.45) is 1.55. The number of nitrogens with zero attached hydrogens (tertiary/aromatic N) is 2. The molecule has 1 amide bonds. The van der Waals surface area contributed by atoms with Crippen molar-refractivity contribution in [2.45, 2.75) is 31.0 Å². The molecule has 2 rings (SSSR count). The number of hydrogen-bond acceptors (Lipinski definition) is 4. The van der Waals surface area contributed by atoms with E-state index in [1.54, 1.807) is 16.8 Å². The van der Waals surface area contributed by atoms with Crippen LogP contribution in [0.4, 0.5) is 4.39 Å². The van der Waals surface area contributed by atoms with E-state index in [0.717, 1.165) is 5.56 Å². The molecular weight excluding hydrogens is 305 g/mol. The lowest BCUT2D eigenvalue weighted by Crippen LogP contribution is -2.28. The number of imidazole rings is 1. The lowest BCUT2D eigenvalue weighted by Gasteiger charge is -2.10. The van der Waals surface area contributed by atoms with E-state index in [0.29, 0.717) is 23.1 Å². The Balaban J connectivity index is 2.10. The predicted molar refractivity (Wildman–Crippen MR) is 82.8 cm³/mol. The maximum Gasteiger partial charge on any atom is 0.240 e. The van der Waals surface area contributed by atoms with E-state index in [1.807, 2.05) is 13.0 Å². The molecule has 0 spiro atoms. The van der Waals surface area contributed by atoms with Crippen LogP contribution in [-0.2, 0) is 23.7 Å². The third kappa shape index (κ3) is 4.32. The van der Waals surface area contributed by atoms with Gasteiger partial charge >= 0.3 is 0 Å². The van der Waals surface area contributed by atoms with Crippen molar-refractivity contribution in [3.63, 3.8) is 0 Å². The van der Waals surface area contributed by atoms with Crippen molar-refractivity contribution < 1.29 is 14.3 Å². The van der Waals surface area contributed by atoms with Gasteiger partial charge in [-0.15, -0.1) is 0 Å². The Hall–Kier alpha value is -1.86. The number of aliphatic hydroxyl groups is 1. The summed E-state index contributed by atoms with van der Waals surface area (Å²) < 4.78 is 14.8.